The van der Waals surface area contributed by atoms with Crippen molar-refractivity contribution < 1.29 is 14.6 Å². The van der Waals surface area contributed by atoms with E-state index in [9.17, 15) is 9.90 Å². The minimum Gasteiger partial charge on any atom is -0.507 e. The van der Waals surface area contributed by atoms with E-state index in [0.29, 0.717) is 5.56 Å². The maximum absolute atomic E-state index is 11.9. The van der Waals surface area contributed by atoms with Crippen LogP contribution in [-0.4, -0.2) is 17.0 Å². The normalized spacial score (nSPS) is 15.8. The Balaban J connectivity index is 1.97. The van der Waals surface area contributed by atoms with E-state index in [1.807, 2.05) is 31.2 Å². The molecule has 4 nitrogen and oxygen atoms in total. The van der Waals surface area contributed by atoms with E-state index in [4.69, 9.17) is 4.74 Å². The average molecular weight is 358 g/mol. The van der Waals surface area contributed by atoms with Crippen molar-refractivity contribution in [1.29, 1.82) is 0 Å². The lowest BCUT2D eigenvalue weighted by Gasteiger charge is -1.99. The molecule has 0 saturated heterocycles. The van der Waals surface area contributed by atoms with Crippen LogP contribution in [0, 0.1) is 6.92 Å². The van der Waals surface area contributed by atoms with Gasteiger partial charge in [0.1, 0.15) is 5.75 Å². The zero-order valence-electron chi connectivity index (χ0n) is 11.7. The van der Waals surface area contributed by atoms with E-state index in [-0.39, 0.29) is 17.3 Å². The van der Waals surface area contributed by atoms with Crippen LogP contribution in [0.15, 0.2) is 57.6 Å². The molecule has 0 aromatic heterocycles. The molecule has 0 spiro atoms. The Morgan fingerprint density at radius 1 is 1.18 bits per heavy atom. The zero-order valence-corrected chi connectivity index (χ0v) is 13.3. The van der Waals surface area contributed by atoms with Crippen molar-refractivity contribution in [1.82, 2.24) is 0 Å². The fraction of sp³-hybridized carbons (Fsp3) is 0.0588. The van der Waals surface area contributed by atoms with Crippen LogP contribution in [0.1, 0.15) is 16.7 Å². The summed E-state index contributed by atoms with van der Waals surface area (Å²) in [4.78, 5) is 16.1. The first kappa shape index (κ1) is 14.5. The predicted molar refractivity (Wildman–Crippen MR) is 87.6 cm³/mol. The number of rotatable bonds is 2. The Morgan fingerprint density at radius 2 is 1.91 bits per heavy atom. The van der Waals surface area contributed by atoms with Crippen molar-refractivity contribution >= 4 is 33.9 Å². The van der Waals surface area contributed by atoms with Crippen molar-refractivity contribution in [2.45, 2.75) is 6.92 Å². The number of benzene rings is 2. The lowest BCUT2D eigenvalue weighted by atomic mass is 10.1. The van der Waals surface area contributed by atoms with E-state index in [0.717, 1.165) is 15.6 Å². The van der Waals surface area contributed by atoms with Gasteiger partial charge in [0.05, 0.1) is 0 Å². The molecule has 1 aliphatic heterocycles. The highest BCUT2D eigenvalue weighted by atomic mass is 79.9. The van der Waals surface area contributed by atoms with Crippen molar-refractivity contribution in [2.24, 2.45) is 4.99 Å². The molecule has 110 valence electrons. The Morgan fingerprint density at radius 3 is 2.64 bits per heavy atom. The van der Waals surface area contributed by atoms with Crippen LogP contribution in [-0.2, 0) is 9.53 Å². The number of hydrogen-bond donors (Lipinski definition) is 1. The minimum atomic E-state index is -0.532. The molecule has 0 unspecified atom stereocenters. The molecular weight excluding hydrogens is 346 g/mol. The van der Waals surface area contributed by atoms with E-state index < -0.39 is 5.97 Å². The third kappa shape index (κ3) is 2.94. The van der Waals surface area contributed by atoms with Crippen LogP contribution in [0.3, 0.4) is 0 Å². The summed E-state index contributed by atoms with van der Waals surface area (Å²) in [6.07, 6.45) is 1.50. The number of aryl methyl sites for hydroxylation is 1. The van der Waals surface area contributed by atoms with Crippen LogP contribution < -0.4 is 0 Å². The quantitative estimate of drug-likeness (QED) is 0.656. The summed E-state index contributed by atoms with van der Waals surface area (Å²) in [5.41, 5.74) is 2.50. The summed E-state index contributed by atoms with van der Waals surface area (Å²) in [7, 11) is 0. The Labute approximate surface area is 135 Å². The highest BCUT2D eigenvalue weighted by molar-refractivity contribution is 9.10. The predicted octanol–water partition coefficient (Wildman–Crippen LogP) is 3.81. The number of carbonyl (C=O) groups excluding carboxylic acids is 1. The number of nitrogens with zero attached hydrogens (tertiary/aromatic N) is 1. The molecule has 0 fully saturated rings. The van der Waals surface area contributed by atoms with Gasteiger partial charge in [-0.1, -0.05) is 33.6 Å². The van der Waals surface area contributed by atoms with Crippen LogP contribution >= 0.6 is 15.9 Å². The fourth-order valence-corrected chi connectivity index (χ4v) is 2.40. The number of cyclic esters (lactones) is 1. The molecule has 5 heteroatoms. The summed E-state index contributed by atoms with van der Waals surface area (Å²) in [5.74, 6) is -0.192. The molecule has 0 bridgehead atoms. The molecule has 1 N–H and O–H groups in total. The number of aromatic hydroxyl groups is 1. The second kappa shape index (κ2) is 5.77. The Kier molecular flexibility index (Phi) is 3.81. The van der Waals surface area contributed by atoms with Crippen LogP contribution in [0.4, 0.5) is 0 Å². The third-order valence-electron chi connectivity index (χ3n) is 3.20. The number of phenolic OH excluding ortho intramolecular Hbond substituents is 1. The highest BCUT2D eigenvalue weighted by Crippen LogP contribution is 2.26. The smallest absolute Gasteiger partial charge is 0.363 e. The van der Waals surface area contributed by atoms with Gasteiger partial charge in [0, 0.05) is 15.6 Å². The number of halogens is 1. The standard InChI is InChI=1S/C17H12BrNO3/c1-10-2-4-11(5-3-10)16-19-14(17(21)22-16)9-12-8-13(18)6-7-15(12)20/h2-9,20H,1H3/b14-9+. The fourth-order valence-electron chi connectivity index (χ4n) is 2.02. The molecule has 2 aromatic rings. The second-order valence-corrected chi connectivity index (χ2v) is 5.82. The molecule has 0 aliphatic carbocycles. The SMILES string of the molecule is Cc1ccc(C2=N/C(=C/c3cc(Br)ccc3O)C(=O)O2)cc1. The van der Waals surface area contributed by atoms with Gasteiger partial charge in [-0.25, -0.2) is 9.79 Å². The molecule has 0 saturated carbocycles. The minimum absolute atomic E-state index is 0.0717. The highest BCUT2D eigenvalue weighted by Gasteiger charge is 2.24. The lowest BCUT2D eigenvalue weighted by Crippen LogP contribution is -2.05. The monoisotopic (exact) mass is 357 g/mol. The lowest BCUT2D eigenvalue weighted by molar-refractivity contribution is -0.129. The van der Waals surface area contributed by atoms with Gasteiger partial charge in [0.25, 0.3) is 0 Å². The first-order chi connectivity index (χ1) is 10.5. The average Bonchev–Trinajstić information content (AvgIpc) is 2.85. The summed E-state index contributed by atoms with van der Waals surface area (Å²) < 4.78 is 5.99. The second-order valence-electron chi connectivity index (χ2n) is 4.91. The summed E-state index contributed by atoms with van der Waals surface area (Å²) in [6.45, 7) is 1.98. The topological polar surface area (TPSA) is 58.9 Å². The van der Waals surface area contributed by atoms with Crippen molar-refractivity contribution in [3.63, 3.8) is 0 Å². The van der Waals surface area contributed by atoms with Gasteiger partial charge in [-0.05, 0) is 43.3 Å². The number of ether oxygens (including phenoxy) is 1. The Bertz CT molecular complexity index is 807. The first-order valence-corrected chi connectivity index (χ1v) is 7.40. The largest absolute Gasteiger partial charge is 0.507 e. The molecule has 0 radical (unpaired) electrons. The van der Waals surface area contributed by atoms with E-state index >= 15 is 0 Å². The van der Waals surface area contributed by atoms with Gasteiger partial charge < -0.3 is 9.84 Å². The van der Waals surface area contributed by atoms with Crippen LogP contribution in [0.2, 0.25) is 0 Å². The van der Waals surface area contributed by atoms with Crippen molar-refractivity contribution in [3.8, 4) is 5.75 Å². The molecule has 1 heterocycles. The van der Waals surface area contributed by atoms with Crippen LogP contribution in [0.25, 0.3) is 6.08 Å². The molecule has 2 aromatic carbocycles. The summed E-state index contributed by atoms with van der Waals surface area (Å²) in [5, 5.41) is 9.83. The number of carbonyl (C=O) groups is 1. The maximum atomic E-state index is 11.9. The van der Waals surface area contributed by atoms with Gasteiger partial charge in [0.15, 0.2) is 5.70 Å². The van der Waals surface area contributed by atoms with Gasteiger partial charge >= 0.3 is 5.97 Å². The summed E-state index contributed by atoms with van der Waals surface area (Å²) in [6, 6.07) is 12.5. The van der Waals surface area contributed by atoms with Crippen LogP contribution in [0.5, 0.6) is 5.75 Å². The number of aliphatic imine (C=N–C) groups is 1. The van der Waals surface area contributed by atoms with Gasteiger partial charge in [-0.2, -0.15) is 0 Å². The zero-order chi connectivity index (χ0) is 15.7. The van der Waals surface area contributed by atoms with Gasteiger partial charge in [-0.15, -0.1) is 0 Å². The maximum Gasteiger partial charge on any atom is 0.363 e. The van der Waals surface area contributed by atoms with Crippen molar-refractivity contribution in [3.05, 3.63) is 69.3 Å². The van der Waals surface area contributed by atoms with E-state index in [1.165, 1.54) is 6.08 Å². The molecular formula is C17H12BrNO3. The Hall–Kier alpha value is -2.40. The first-order valence-electron chi connectivity index (χ1n) is 6.61. The van der Waals surface area contributed by atoms with E-state index in [2.05, 4.69) is 20.9 Å². The number of esters is 1. The molecule has 3 rings (SSSR count). The number of hydrogen-bond acceptors (Lipinski definition) is 4. The van der Waals surface area contributed by atoms with E-state index in [1.54, 1.807) is 18.2 Å². The molecule has 1 aliphatic rings. The van der Waals surface area contributed by atoms with Gasteiger partial charge in [0.2, 0.25) is 5.90 Å². The summed E-state index contributed by atoms with van der Waals surface area (Å²) >= 11 is 3.32. The molecule has 0 amide bonds. The molecule has 0 atom stereocenters. The van der Waals surface area contributed by atoms with Gasteiger partial charge in [-0.3, -0.25) is 0 Å². The van der Waals surface area contributed by atoms with Crippen molar-refractivity contribution in [2.75, 3.05) is 0 Å². The molecule has 22 heavy (non-hydrogen) atoms. The number of phenols is 1. The third-order valence-corrected chi connectivity index (χ3v) is 3.69.